The Labute approximate surface area is 91.8 Å². The minimum absolute atomic E-state index is 0.196. The second kappa shape index (κ2) is 4.52. The van der Waals surface area contributed by atoms with Gasteiger partial charge < -0.3 is 11.1 Å². The fourth-order valence-electron chi connectivity index (χ4n) is 2.77. The average molecular weight is 210 g/mol. The van der Waals surface area contributed by atoms with Crippen LogP contribution in [0.5, 0.6) is 0 Å². The minimum Gasteiger partial charge on any atom is -0.355 e. The summed E-state index contributed by atoms with van der Waals surface area (Å²) in [7, 11) is 0. The van der Waals surface area contributed by atoms with Crippen LogP contribution in [0.2, 0.25) is 0 Å². The van der Waals surface area contributed by atoms with E-state index in [-0.39, 0.29) is 11.3 Å². The molecule has 0 radical (unpaired) electrons. The lowest BCUT2D eigenvalue weighted by atomic mass is 9.68. The Bertz CT molecular complexity index is 224. The zero-order valence-corrected chi connectivity index (χ0v) is 9.43. The molecule has 0 saturated heterocycles. The van der Waals surface area contributed by atoms with E-state index in [1.807, 2.05) is 0 Å². The van der Waals surface area contributed by atoms with Gasteiger partial charge in [0.2, 0.25) is 5.91 Å². The highest BCUT2D eigenvalue weighted by Gasteiger charge is 2.42. The van der Waals surface area contributed by atoms with E-state index in [1.165, 1.54) is 25.7 Å². The standard InChI is InChI=1S/C12H22N2O/c13-9-12(6-3-7-12)11(15)14-8-10-4-1-2-5-10/h10H,1-9,13H2,(H,14,15). The third kappa shape index (κ3) is 2.17. The van der Waals surface area contributed by atoms with E-state index in [0.717, 1.165) is 31.7 Å². The SMILES string of the molecule is NCC1(C(=O)NCC2CCCC2)CCC1. The topological polar surface area (TPSA) is 55.1 Å². The molecule has 0 aromatic rings. The van der Waals surface area contributed by atoms with Gasteiger partial charge in [0.1, 0.15) is 0 Å². The molecule has 0 heterocycles. The summed E-state index contributed by atoms with van der Waals surface area (Å²) in [5, 5.41) is 3.10. The summed E-state index contributed by atoms with van der Waals surface area (Å²) in [5.41, 5.74) is 5.50. The van der Waals surface area contributed by atoms with Crippen molar-refractivity contribution in [3.05, 3.63) is 0 Å². The molecule has 2 fully saturated rings. The molecule has 0 aromatic carbocycles. The van der Waals surface area contributed by atoms with Gasteiger partial charge in [-0.25, -0.2) is 0 Å². The quantitative estimate of drug-likeness (QED) is 0.737. The summed E-state index contributed by atoms with van der Waals surface area (Å²) in [4.78, 5) is 11.9. The third-order valence-electron chi connectivity index (χ3n) is 4.21. The largest absolute Gasteiger partial charge is 0.355 e. The van der Waals surface area contributed by atoms with Crippen molar-refractivity contribution in [3.8, 4) is 0 Å². The first-order valence-corrected chi connectivity index (χ1v) is 6.25. The van der Waals surface area contributed by atoms with E-state index in [9.17, 15) is 4.79 Å². The van der Waals surface area contributed by atoms with Crippen LogP contribution in [0.1, 0.15) is 44.9 Å². The van der Waals surface area contributed by atoms with Crippen LogP contribution < -0.4 is 11.1 Å². The number of carbonyl (C=O) groups is 1. The summed E-state index contributed by atoms with van der Waals surface area (Å²) in [6.45, 7) is 1.39. The Balaban J connectivity index is 1.76. The van der Waals surface area contributed by atoms with Crippen LogP contribution in [0.3, 0.4) is 0 Å². The molecule has 86 valence electrons. The van der Waals surface area contributed by atoms with Gasteiger partial charge in [-0.1, -0.05) is 19.3 Å². The van der Waals surface area contributed by atoms with E-state index in [0.29, 0.717) is 6.54 Å². The number of hydrogen-bond donors (Lipinski definition) is 2. The molecule has 2 aliphatic carbocycles. The first-order chi connectivity index (χ1) is 7.27. The van der Waals surface area contributed by atoms with Gasteiger partial charge >= 0.3 is 0 Å². The highest BCUT2D eigenvalue weighted by atomic mass is 16.2. The highest BCUT2D eigenvalue weighted by molar-refractivity contribution is 5.83. The van der Waals surface area contributed by atoms with Crippen LogP contribution in [0.15, 0.2) is 0 Å². The molecule has 0 aromatic heterocycles. The predicted octanol–water partition coefficient (Wildman–Crippen LogP) is 1.42. The summed E-state index contributed by atoms with van der Waals surface area (Å²) in [6.07, 6.45) is 8.38. The first-order valence-electron chi connectivity index (χ1n) is 6.25. The van der Waals surface area contributed by atoms with E-state index in [1.54, 1.807) is 0 Å². The highest BCUT2D eigenvalue weighted by Crippen LogP contribution is 2.40. The average Bonchev–Trinajstić information content (AvgIpc) is 2.66. The molecule has 2 saturated carbocycles. The number of rotatable bonds is 4. The van der Waals surface area contributed by atoms with Crippen LogP contribution in [0.25, 0.3) is 0 Å². The smallest absolute Gasteiger partial charge is 0.227 e. The lowest BCUT2D eigenvalue weighted by Gasteiger charge is -2.39. The van der Waals surface area contributed by atoms with Crippen LogP contribution in [0, 0.1) is 11.3 Å². The Hall–Kier alpha value is -0.570. The van der Waals surface area contributed by atoms with Crippen molar-refractivity contribution >= 4 is 5.91 Å². The summed E-state index contributed by atoms with van der Waals surface area (Å²) in [6, 6.07) is 0. The maximum absolute atomic E-state index is 11.9. The summed E-state index contributed by atoms with van der Waals surface area (Å²) in [5.74, 6) is 0.937. The van der Waals surface area contributed by atoms with Crippen LogP contribution in [0.4, 0.5) is 0 Å². The Morgan fingerprint density at radius 2 is 1.93 bits per heavy atom. The molecule has 0 aliphatic heterocycles. The number of nitrogens with one attached hydrogen (secondary N) is 1. The summed E-state index contributed by atoms with van der Waals surface area (Å²) >= 11 is 0. The van der Waals surface area contributed by atoms with Gasteiger partial charge in [0.15, 0.2) is 0 Å². The van der Waals surface area contributed by atoms with E-state index in [4.69, 9.17) is 5.73 Å². The third-order valence-corrected chi connectivity index (χ3v) is 4.21. The van der Waals surface area contributed by atoms with Gasteiger partial charge in [-0.2, -0.15) is 0 Å². The molecule has 3 heteroatoms. The Morgan fingerprint density at radius 1 is 1.27 bits per heavy atom. The van der Waals surface area contributed by atoms with E-state index < -0.39 is 0 Å². The number of amides is 1. The molecule has 3 N–H and O–H groups in total. The summed E-state index contributed by atoms with van der Waals surface area (Å²) < 4.78 is 0. The molecular formula is C12H22N2O. The monoisotopic (exact) mass is 210 g/mol. The maximum Gasteiger partial charge on any atom is 0.227 e. The van der Waals surface area contributed by atoms with Crippen LogP contribution in [-0.4, -0.2) is 19.0 Å². The fourth-order valence-corrected chi connectivity index (χ4v) is 2.77. The number of carbonyl (C=O) groups excluding carboxylic acids is 1. The van der Waals surface area contributed by atoms with Gasteiger partial charge in [-0.3, -0.25) is 4.79 Å². The molecule has 0 atom stereocenters. The van der Waals surface area contributed by atoms with Gasteiger partial charge in [0.25, 0.3) is 0 Å². The molecule has 3 nitrogen and oxygen atoms in total. The molecule has 2 aliphatic rings. The number of hydrogen-bond acceptors (Lipinski definition) is 2. The van der Waals surface area contributed by atoms with Gasteiger partial charge in [-0.15, -0.1) is 0 Å². The van der Waals surface area contributed by atoms with Crippen molar-refractivity contribution in [2.24, 2.45) is 17.1 Å². The van der Waals surface area contributed by atoms with Gasteiger partial charge in [0.05, 0.1) is 5.41 Å². The van der Waals surface area contributed by atoms with Gasteiger partial charge in [0, 0.05) is 13.1 Å². The number of nitrogens with two attached hydrogens (primary N) is 1. The molecule has 0 bridgehead atoms. The molecule has 0 spiro atoms. The maximum atomic E-state index is 11.9. The molecular weight excluding hydrogens is 188 g/mol. The predicted molar refractivity (Wildman–Crippen MR) is 60.3 cm³/mol. The molecule has 0 unspecified atom stereocenters. The van der Waals surface area contributed by atoms with Crippen molar-refractivity contribution < 1.29 is 4.79 Å². The molecule has 2 rings (SSSR count). The van der Waals surface area contributed by atoms with Crippen molar-refractivity contribution in [1.29, 1.82) is 0 Å². The molecule has 15 heavy (non-hydrogen) atoms. The Morgan fingerprint density at radius 3 is 2.40 bits per heavy atom. The second-order valence-corrected chi connectivity index (χ2v) is 5.20. The van der Waals surface area contributed by atoms with Crippen LogP contribution in [-0.2, 0) is 4.79 Å². The van der Waals surface area contributed by atoms with E-state index in [2.05, 4.69) is 5.32 Å². The van der Waals surface area contributed by atoms with Crippen LogP contribution >= 0.6 is 0 Å². The fraction of sp³-hybridized carbons (Fsp3) is 0.917. The lowest BCUT2D eigenvalue weighted by Crippen LogP contribution is -2.51. The zero-order chi connectivity index (χ0) is 10.7. The minimum atomic E-state index is -0.196. The Kier molecular flexibility index (Phi) is 3.29. The van der Waals surface area contributed by atoms with Gasteiger partial charge in [-0.05, 0) is 31.6 Å². The molecule has 1 amide bonds. The van der Waals surface area contributed by atoms with Crippen molar-refractivity contribution in [3.63, 3.8) is 0 Å². The zero-order valence-electron chi connectivity index (χ0n) is 9.43. The van der Waals surface area contributed by atoms with Crippen molar-refractivity contribution in [1.82, 2.24) is 5.32 Å². The first kappa shape index (κ1) is 10.9. The van der Waals surface area contributed by atoms with Crippen molar-refractivity contribution in [2.45, 2.75) is 44.9 Å². The second-order valence-electron chi connectivity index (χ2n) is 5.20. The lowest BCUT2D eigenvalue weighted by molar-refractivity contribution is -0.135. The van der Waals surface area contributed by atoms with E-state index >= 15 is 0 Å². The normalized spacial score (nSPS) is 24.9. The van der Waals surface area contributed by atoms with Crippen molar-refractivity contribution in [2.75, 3.05) is 13.1 Å².